The van der Waals surface area contributed by atoms with E-state index in [-0.39, 0.29) is 0 Å². The van der Waals surface area contributed by atoms with Gasteiger partial charge >= 0.3 is 0 Å². The van der Waals surface area contributed by atoms with E-state index in [1.807, 2.05) is 0 Å². The lowest BCUT2D eigenvalue weighted by Crippen LogP contribution is -2.51. The third-order valence-electron chi connectivity index (χ3n) is 4.32. The van der Waals surface area contributed by atoms with Gasteiger partial charge < -0.3 is 10.2 Å². The number of piperidine rings is 1. The highest BCUT2D eigenvalue weighted by atomic mass is 15.2. The number of anilines is 1. The maximum atomic E-state index is 4.84. The van der Waals surface area contributed by atoms with Crippen LogP contribution in [0.25, 0.3) is 0 Å². The number of likely N-dealkylation sites (N-methyl/N-ethyl adjacent to an activating group) is 1. The van der Waals surface area contributed by atoms with Gasteiger partial charge in [-0.05, 0) is 39.7 Å². The third-order valence-corrected chi connectivity index (χ3v) is 4.32. The van der Waals surface area contributed by atoms with E-state index in [0.717, 1.165) is 30.4 Å². The normalized spacial score (nSPS) is 20.9. The van der Waals surface area contributed by atoms with Crippen LogP contribution in [0.4, 0.5) is 5.82 Å². The third kappa shape index (κ3) is 3.94. The zero-order chi connectivity index (χ0) is 15.4. The molecule has 0 saturated carbocycles. The molecule has 1 saturated heterocycles. The molecule has 2 atom stereocenters. The predicted molar refractivity (Wildman–Crippen MR) is 89.0 cm³/mol. The molecule has 0 amide bonds. The predicted octanol–water partition coefficient (Wildman–Crippen LogP) is 3.27. The van der Waals surface area contributed by atoms with Gasteiger partial charge in [0, 0.05) is 36.3 Å². The topological polar surface area (TPSA) is 41.0 Å². The van der Waals surface area contributed by atoms with E-state index in [1.54, 1.807) is 0 Å². The zero-order valence-electron chi connectivity index (χ0n) is 14.2. The molecular formula is C17H30N4. The van der Waals surface area contributed by atoms with E-state index in [4.69, 9.17) is 4.98 Å². The standard InChI is InChI=1S/C17H30N4/c1-6-18-14(5)15-9-7-8-10-21(15)16-11-13(4)19-17(20-16)12(2)3/h11-12,14-15,18H,6-10H2,1-5H3. The first kappa shape index (κ1) is 16.2. The molecule has 4 heteroatoms. The number of hydrogen-bond donors (Lipinski definition) is 1. The van der Waals surface area contributed by atoms with Gasteiger partial charge in [0.1, 0.15) is 11.6 Å². The molecule has 2 rings (SSSR count). The summed E-state index contributed by atoms with van der Waals surface area (Å²) in [5.41, 5.74) is 1.07. The summed E-state index contributed by atoms with van der Waals surface area (Å²) in [6.07, 6.45) is 3.82. The van der Waals surface area contributed by atoms with Crippen LogP contribution in [-0.2, 0) is 0 Å². The zero-order valence-corrected chi connectivity index (χ0v) is 14.2. The lowest BCUT2D eigenvalue weighted by atomic mass is 9.96. The summed E-state index contributed by atoms with van der Waals surface area (Å²) < 4.78 is 0. The molecule has 21 heavy (non-hydrogen) atoms. The second kappa shape index (κ2) is 7.21. The van der Waals surface area contributed by atoms with Crippen molar-refractivity contribution in [1.82, 2.24) is 15.3 Å². The van der Waals surface area contributed by atoms with Crippen LogP contribution in [0.15, 0.2) is 6.07 Å². The van der Waals surface area contributed by atoms with Crippen molar-refractivity contribution in [1.29, 1.82) is 0 Å². The summed E-state index contributed by atoms with van der Waals surface area (Å²) in [5, 5.41) is 3.58. The summed E-state index contributed by atoms with van der Waals surface area (Å²) in [5.74, 6) is 2.45. The first-order valence-corrected chi connectivity index (χ1v) is 8.38. The smallest absolute Gasteiger partial charge is 0.133 e. The molecule has 0 radical (unpaired) electrons. The molecule has 1 fully saturated rings. The van der Waals surface area contributed by atoms with Gasteiger partial charge in [0.05, 0.1) is 0 Å². The van der Waals surface area contributed by atoms with Gasteiger partial charge in [-0.15, -0.1) is 0 Å². The van der Waals surface area contributed by atoms with Crippen LogP contribution in [0.3, 0.4) is 0 Å². The largest absolute Gasteiger partial charge is 0.352 e. The number of rotatable bonds is 5. The van der Waals surface area contributed by atoms with Crippen molar-refractivity contribution in [3.8, 4) is 0 Å². The minimum absolute atomic E-state index is 0.373. The summed E-state index contributed by atoms with van der Waals surface area (Å²) in [6, 6.07) is 3.17. The van der Waals surface area contributed by atoms with Crippen molar-refractivity contribution in [2.75, 3.05) is 18.0 Å². The Morgan fingerprint density at radius 3 is 2.71 bits per heavy atom. The fourth-order valence-corrected chi connectivity index (χ4v) is 3.20. The maximum absolute atomic E-state index is 4.84. The Labute approximate surface area is 129 Å². The average molecular weight is 290 g/mol. The summed E-state index contributed by atoms with van der Waals surface area (Å²) in [7, 11) is 0. The Morgan fingerprint density at radius 1 is 1.29 bits per heavy atom. The molecule has 4 nitrogen and oxygen atoms in total. The van der Waals surface area contributed by atoms with Gasteiger partial charge in [-0.1, -0.05) is 20.8 Å². The minimum atomic E-state index is 0.373. The average Bonchev–Trinajstić information content (AvgIpc) is 2.46. The number of hydrogen-bond acceptors (Lipinski definition) is 4. The van der Waals surface area contributed by atoms with Crippen molar-refractivity contribution in [3.63, 3.8) is 0 Å². The number of nitrogens with one attached hydrogen (secondary N) is 1. The molecule has 1 aliphatic rings. The van der Waals surface area contributed by atoms with Gasteiger partial charge in [0.25, 0.3) is 0 Å². The highest BCUT2D eigenvalue weighted by Crippen LogP contribution is 2.26. The van der Waals surface area contributed by atoms with Crippen molar-refractivity contribution >= 4 is 5.82 Å². The monoisotopic (exact) mass is 290 g/mol. The van der Waals surface area contributed by atoms with Crippen molar-refractivity contribution < 1.29 is 0 Å². The Balaban J connectivity index is 2.28. The Bertz CT molecular complexity index is 458. The van der Waals surface area contributed by atoms with E-state index in [2.05, 4.69) is 55.9 Å². The highest BCUT2D eigenvalue weighted by Gasteiger charge is 2.28. The maximum Gasteiger partial charge on any atom is 0.133 e. The fourth-order valence-electron chi connectivity index (χ4n) is 3.20. The fraction of sp³-hybridized carbons (Fsp3) is 0.765. The SMILES string of the molecule is CCNC(C)C1CCCCN1c1cc(C)nc(C(C)C)n1. The molecule has 0 aliphatic carbocycles. The summed E-state index contributed by atoms with van der Waals surface area (Å²) in [6.45, 7) is 13.0. The minimum Gasteiger partial charge on any atom is -0.352 e. The van der Waals surface area contributed by atoms with E-state index in [0.29, 0.717) is 18.0 Å². The van der Waals surface area contributed by atoms with Crippen LogP contribution in [0.1, 0.15) is 64.4 Å². The van der Waals surface area contributed by atoms with Gasteiger partial charge in [0.15, 0.2) is 0 Å². The Hall–Kier alpha value is -1.16. The van der Waals surface area contributed by atoms with E-state index in [1.165, 1.54) is 19.3 Å². The molecular weight excluding hydrogens is 260 g/mol. The quantitative estimate of drug-likeness (QED) is 0.903. The van der Waals surface area contributed by atoms with Crippen LogP contribution < -0.4 is 10.2 Å². The van der Waals surface area contributed by atoms with Crippen molar-refractivity contribution in [3.05, 3.63) is 17.6 Å². The summed E-state index contributed by atoms with van der Waals surface area (Å²) in [4.78, 5) is 11.9. The molecule has 2 unspecified atom stereocenters. The van der Waals surface area contributed by atoms with Gasteiger partial charge in [0.2, 0.25) is 0 Å². The van der Waals surface area contributed by atoms with Crippen molar-refractivity contribution in [2.45, 2.75) is 71.9 Å². The van der Waals surface area contributed by atoms with E-state index >= 15 is 0 Å². The van der Waals surface area contributed by atoms with Crippen molar-refractivity contribution in [2.24, 2.45) is 0 Å². The van der Waals surface area contributed by atoms with Gasteiger partial charge in [-0.3, -0.25) is 0 Å². The molecule has 1 aromatic rings. The van der Waals surface area contributed by atoms with Gasteiger partial charge in [-0.2, -0.15) is 0 Å². The molecule has 118 valence electrons. The van der Waals surface area contributed by atoms with Crippen LogP contribution in [0.2, 0.25) is 0 Å². The summed E-state index contributed by atoms with van der Waals surface area (Å²) >= 11 is 0. The van der Waals surface area contributed by atoms with Crippen LogP contribution in [0.5, 0.6) is 0 Å². The number of aromatic nitrogens is 2. The van der Waals surface area contributed by atoms with Crippen LogP contribution >= 0.6 is 0 Å². The first-order chi connectivity index (χ1) is 10.0. The van der Waals surface area contributed by atoms with Crippen LogP contribution in [-0.4, -0.2) is 35.1 Å². The molecule has 0 aromatic carbocycles. The molecule has 2 heterocycles. The van der Waals surface area contributed by atoms with E-state index in [9.17, 15) is 0 Å². The Morgan fingerprint density at radius 2 is 2.05 bits per heavy atom. The first-order valence-electron chi connectivity index (χ1n) is 8.38. The lowest BCUT2D eigenvalue weighted by Gasteiger charge is -2.40. The molecule has 0 bridgehead atoms. The Kier molecular flexibility index (Phi) is 5.57. The van der Waals surface area contributed by atoms with Crippen LogP contribution in [0, 0.1) is 6.92 Å². The number of aryl methyl sites for hydroxylation is 1. The van der Waals surface area contributed by atoms with E-state index < -0.39 is 0 Å². The van der Waals surface area contributed by atoms with Gasteiger partial charge in [-0.25, -0.2) is 9.97 Å². The second-order valence-corrected chi connectivity index (χ2v) is 6.48. The second-order valence-electron chi connectivity index (χ2n) is 6.48. The molecule has 1 aliphatic heterocycles. The lowest BCUT2D eigenvalue weighted by molar-refractivity contribution is 0.370. The molecule has 0 spiro atoms. The highest BCUT2D eigenvalue weighted by molar-refractivity contribution is 5.42. The molecule has 1 N–H and O–H groups in total. The number of nitrogens with zero attached hydrogens (tertiary/aromatic N) is 3. The molecule has 1 aromatic heterocycles.